The van der Waals surface area contributed by atoms with Gasteiger partial charge >= 0.3 is 5.97 Å². The first-order valence-electron chi connectivity index (χ1n) is 4.06. The Labute approximate surface area is 81.2 Å². The van der Waals surface area contributed by atoms with Crippen LogP contribution in [-0.4, -0.2) is 27.8 Å². The number of carboxylic acid groups (broad SMARTS) is 1. The van der Waals surface area contributed by atoms with Gasteiger partial charge in [-0.2, -0.15) is 0 Å². The minimum atomic E-state index is -1.10. The van der Waals surface area contributed by atoms with Gasteiger partial charge < -0.3 is 15.9 Å². The first-order chi connectivity index (χ1) is 6.49. The average molecular weight is 196 g/mol. The molecular formula is C9H12N2O3. The smallest absolute Gasteiger partial charge is 0.337 e. The van der Waals surface area contributed by atoms with E-state index >= 15 is 0 Å². The number of aliphatic hydroxyl groups excluding tert-OH is 1. The second kappa shape index (κ2) is 3.73. The van der Waals surface area contributed by atoms with E-state index in [0.717, 1.165) is 0 Å². The minimum absolute atomic E-state index is 0.0200. The van der Waals surface area contributed by atoms with Crippen molar-refractivity contribution < 1.29 is 15.0 Å². The second-order valence-electron chi connectivity index (χ2n) is 3.30. The van der Waals surface area contributed by atoms with Crippen LogP contribution in [0.15, 0.2) is 18.5 Å². The van der Waals surface area contributed by atoms with Crippen LogP contribution in [-0.2, 0) is 5.54 Å². The van der Waals surface area contributed by atoms with Crippen LogP contribution in [0.4, 0.5) is 0 Å². The van der Waals surface area contributed by atoms with Gasteiger partial charge in [-0.25, -0.2) is 4.79 Å². The highest BCUT2D eigenvalue weighted by Crippen LogP contribution is 2.20. The molecule has 0 aromatic carbocycles. The van der Waals surface area contributed by atoms with Gasteiger partial charge in [0, 0.05) is 12.4 Å². The monoisotopic (exact) mass is 196 g/mol. The van der Waals surface area contributed by atoms with E-state index < -0.39 is 11.5 Å². The molecule has 1 aromatic rings. The Hall–Kier alpha value is -1.46. The summed E-state index contributed by atoms with van der Waals surface area (Å²) in [5, 5.41) is 17.9. The molecule has 0 saturated heterocycles. The molecule has 14 heavy (non-hydrogen) atoms. The Balaban J connectivity index is 3.27. The molecule has 1 unspecified atom stereocenters. The maximum absolute atomic E-state index is 10.8. The summed E-state index contributed by atoms with van der Waals surface area (Å²) in [5.74, 6) is -1.10. The molecule has 1 atom stereocenters. The van der Waals surface area contributed by atoms with Crippen molar-refractivity contribution in [2.45, 2.75) is 12.5 Å². The molecule has 1 aromatic heterocycles. The number of rotatable bonds is 3. The molecule has 0 aliphatic carbocycles. The van der Waals surface area contributed by atoms with Crippen molar-refractivity contribution in [1.82, 2.24) is 4.98 Å². The lowest BCUT2D eigenvalue weighted by Gasteiger charge is -2.23. The Kier molecular flexibility index (Phi) is 2.83. The summed E-state index contributed by atoms with van der Waals surface area (Å²) in [6.45, 7) is 1.24. The highest BCUT2D eigenvalue weighted by Gasteiger charge is 2.25. The highest BCUT2D eigenvalue weighted by atomic mass is 16.4. The number of aliphatic hydroxyl groups is 1. The van der Waals surface area contributed by atoms with Crippen molar-refractivity contribution in [1.29, 1.82) is 0 Å². The van der Waals surface area contributed by atoms with E-state index in [0.29, 0.717) is 5.56 Å². The summed E-state index contributed by atoms with van der Waals surface area (Å²) in [6.07, 6.45) is 2.67. The second-order valence-corrected chi connectivity index (χ2v) is 3.30. The lowest BCUT2D eigenvalue weighted by molar-refractivity contribution is 0.0692. The predicted octanol–water partition coefficient (Wildman–Crippen LogP) is -0.0540. The fraction of sp³-hybridized carbons (Fsp3) is 0.333. The molecule has 5 heteroatoms. The van der Waals surface area contributed by atoms with Gasteiger partial charge in [0.2, 0.25) is 0 Å². The summed E-state index contributed by atoms with van der Waals surface area (Å²) in [5.41, 5.74) is 5.07. The third-order valence-electron chi connectivity index (χ3n) is 2.00. The quantitative estimate of drug-likeness (QED) is 0.629. The Morgan fingerprint density at radius 3 is 2.86 bits per heavy atom. The number of aromatic nitrogens is 1. The van der Waals surface area contributed by atoms with Gasteiger partial charge in [-0.3, -0.25) is 4.98 Å². The van der Waals surface area contributed by atoms with Gasteiger partial charge in [0.1, 0.15) is 0 Å². The number of pyridine rings is 1. The number of nitrogens with zero attached hydrogens (tertiary/aromatic N) is 1. The molecule has 0 spiro atoms. The van der Waals surface area contributed by atoms with Crippen molar-refractivity contribution in [2.75, 3.05) is 6.61 Å². The summed E-state index contributed by atoms with van der Waals surface area (Å²) in [7, 11) is 0. The van der Waals surface area contributed by atoms with E-state index in [1.807, 2.05) is 0 Å². The maximum atomic E-state index is 10.8. The van der Waals surface area contributed by atoms with E-state index in [2.05, 4.69) is 4.98 Å². The molecule has 1 rings (SSSR count). The van der Waals surface area contributed by atoms with Crippen LogP contribution in [0.2, 0.25) is 0 Å². The third kappa shape index (κ3) is 1.89. The molecule has 76 valence electrons. The van der Waals surface area contributed by atoms with Crippen LogP contribution in [0.25, 0.3) is 0 Å². The molecule has 0 aliphatic rings. The average Bonchev–Trinajstić information content (AvgIpc) is 2.18. The van der Waals surface area contributed by atoms with E-state index in [-0.39, 0.29) is 12.2 Å². The molecule has 5 nitrogen and oxygen atoms in total. The lowest BCUT2D eigenvalue weighted by atomic mass is 9.91. The summed E-state index contributed by atoms with van der Waals surface area (Å²) in [6, 6.07) is 1.50. The zero-order chi connectivity index (χ0) is 10.8. The van der Waals surface area contributed by atoms with Crippen molar-refractivity contribution in [3.8, 4) is 0 Å². The summed E-state index contributed by atoms with van der Waals surface area (Å²) < 4.78 is 0. The Morgan fingerprint density at radius 1 is 1.71 bits per heavy atom. The van der Waals surface area contributed by atoms with Gasteiger partial charge in [-0.15, -0.1) is 0 Å². The SMILES string of the molecule is CC(N)(CO)c1ccncc1C(=O)O. The molecule has 0 amide bonds. The zero-order valence-electron chi connectivity index (χ0n) is 7.77. The number of hydrogen-bond acceptors (Lipinski definition) is 4. The summed E-state index contributed by atoms with van der Waals surface area (Å²) >= 11 is 0. The lowest BCUT2D eigenvalue weighted by Crippen LogP contribution is -2.38. The van der Waals surface area contributed by atoms with Crippen LogP contribution < -0.4 is 5.73 Å². The van der Waals surface area contributed by atoms with Gasteiger partial charge in [0.15, 0.2) is 0 Å². The van der Waals surface area contributed by atoms with Crippen molar-refractivity contribution in [2.24, 2.45) is 5.73 Å². The topological polar surface area (TPSA) is 96.4 Å². The number of carbonyl (C=O) groups is 1. The molecule has 4 N–H and O–H groups in total. The number of nitrogens with two attached hydrogens (primary N) is 1. The van der Waals surface area contributed by atoms with Crippen LogP contribution in [0, 0.1) is 0 Å². The molecule has 0 aliphatic heterocycles. The van der Waals surface area contributed by atoms with Crippen molar-refractivity contribution in [3.05, 3.63) is 29.6 Å². The molecular weight excluding hydrogens is 184 g/mol. The Bertz CT molecular complexity index is 350. The minimum Gasteiger partial charge on any atom is -0.478 e. The van der Waals surface area contributed by atoms with E-state index in [4.69, 9.17) is 15.9 Å². The van der Waals surface area contributed by atoms with Gasteiger partial charge in [0.25, 0.3) is 0 Å². The van der Waals surface area contributed by atoms with Crippen molar-refractivity contribution >= 4 is 5.97 Å². The fourth-order valence-electron chi connectivity index (χ4n) is 1.15. The third-order valence-corrected chi connectivity index (χ3v) is 2.00. The van der Waals surface area contributed by atoms with E-state index in [1.54, 1.807) is 6.92 Å². The van der Waals surface area contributed by atoms with Crippen LogP contribution >= 0.6 is 0 Å². The first-order valence-corrected chi connectivity index (χ1v) is 4.06. The van der Waals surface area contributed by atoms with Crippen LogP contribution in [0.3, 0.4) is 0 Å². The predicted molar refractivity (Wildman–Crippen MR) is 49.8 cm³/mol. The normalized spacial score (nSPS) is 14.8. The Morgan fingerprint density at radius 2 is 2.36 bits per heavy atom. The van der Waals surface area contributed by atoms with E-state index in [1.165, 1.54) is 18.5 Å². The molecule has 0 fully saturated rings. The summed E-state index contributed by atoms with van der Waals surface area (Å²) in [4.78, 5) is 14.5. The van der Waals surface area contributed by atoms with Crippen LogP contribution in [0.5, 0.6) is 0 Å². The molecule has 0 saturated carbocycles. The molecule has 0 radical (unpaired) electrons. The molecule has 1 heterocycles. The maximum Gasteiger partial charge on any atom is 0.337 e. The van der Waals surface area contributed by atoms with Gasteiger partial charge in [-0.1, -0.05) is 0 Å². The largest absolute Gasteiger partial charge is 0.478 e. The van der Waals surface area contributed by atoms with Crippen molar-refractivity contribution in [3.63, 3.8) is 0 Å². The number of aromatic carboxylic acids is 1. The van der Waals surface area contributed by atoms with Gasteiger partial charge in [-0.05, 0) is 18.6 Å². The molecule has 0 bridgehead atoms. The fourth-order valence-corrected chi connectivity index (χ4v) is 1.15. The first kappa shape index (κ1) is 10.6. The zero-order valence-corrected chi connectivity index (χ0v) is 7.77. The van der Waals surface area contributed by atoms with Crippen LogP contribution in [0.1, 0.15) is 22.8 Å². The number of carboxylic acids is 1. The highest BCUT2D eigenvalue weighted by molar-refractivity contribution is 5.89. The van der Waals surface area contributed by atoms with E-state index in [9.17, 15) is 4.79 Å². The number of hydrogen-bond donors (Lipinski definition) is 3. The standard InChI is InChI=1S/C9H12N2O3/c1-9(10,5-12)7-2-3-11-4-6(7)8(13)14/h2-4,12H,5,10H2,1H3,(H,13,14). The van der Waals surface area contributed by atoms with Gasteiger partial charge in [0.05, 0.1) is 17.7 Å².